The van der Waals surface area contributed by atoms with Crippen molar-refractivity contribution < 1.29 is 9.90 Å². The van der Waals surface area contributed by atoms with E-state index in [-0.39, 0.29) is 0 Å². The number of hydrogen-bond acceptors (Lipinski definition) is 7. The number of fused-ring (bicyclic) bond motifs is 2. The zero-order chi connectivity index (χ0) is 29.3. The SMILES string of the molecule is O=C(O)n1c(-c2nccc(Sc3ccc(Nc4nnc(-c5ccc(Cl)cc5)c5ccccc45)cc3)n2)cc2ccccc21. The summed E-state index contributed by atoms with van der Waals surface area (Å²) in [6, 6.07) is 34.4. The normalized spacial score (nSPS) is 11.2. The Kier molecular flexibility index (Phi) is 6.94. The van der Waals surface area contributed by atoms with Gasteiger partial charge in [0.15, 0.2) is 11.6 Å². The Labute approximate surface area is 255 Å². The largest absolute Gasteiger partial charge is 0.464 e. The van der Waals surface area contributed by atoms with Gasteiger partial charge in [-0.25, -0.2) is 19.3 Å². The molecular weight excluding hydrogens is 580 g/mol. The summed E-state index contributed by atoms with van der Waals surface area (Å²) in [5.41, 5.74) is 3.60. The molecule has 7 rings (SSSR count). The summed E-state index contributed by atoms with van der Waals surface area (Å²) < 4.78 is 1.22. The molecule has 3 heterocycles. The molecule has 0 aliphatic carbocycles. The molecule has 208 valence electrons. The monoisotopic (exact) mass is 600 g/mol. The summed E-state index contributed by atoms with van der Waals surface area (Å²) in [4.78, 5) is 22.1. The zero-order valence-corrected chi connectivity index (χ0v) is 23.9. The van der Waals surface area contributed by atoms with Crippen LogP contribution in [0.5, 0.6) is 0 Å². The van der Waals surface area contributed by atoms with Crippen LogP contribution in [0.1, 0.15) is 0 Å². The number of nitrogens with zero attached hydrogens (tertiary/aromatic N) is 5. The molecule has 0 fully saturated rings. The van der Waals surface area contributed by atoms with Crippen LogP contribution in [-0.2, 0) is 0 Å². The van der Waals surface area contributed by atoms with Crippen molar-refractivity contribution >= 4 is 62.6 Å². The van der Waals surface area contributed by atoms with E-state index in [1.165, 1.54) is 16.3 Å². The van der Waals surface area contributed by atoms with Crippen molar-refractivity contribution in [2.24, 2.45) is 0 Å². The Hall–Kier alpha value is -5.25. The highest BCUT2D eigenvalue weighted by Gasteiger charge is 2.18. The van der Waals surface area contributed by atoms with Gasteiger partial charge in [-0.15, -0.1) is 10.2 Å². The second-order valence-corrected chi connectivity index (χ2v) is 11.2. The predicted octanol–water partition coefficient (Wildman–Crippen LogP) is 8.78. The minimum Gasteiger partial charge on any atom is -0.464 e. The Morgan fingerprint density at radius 1 is 0.837 bits per heavy atom. The van der Waals surface area contributed by atoms with Crippen LogP contribution in [0.3, 0.4) is 0 Å². The zero-order valence-electron chi connectivity index (χ0n) is 22.3. The van der Waals surface area contributed by atoms with Gasteiger partial charge in [0, 0.05) is 43.5 Å². The fraction of sp³-hybridized carbons (Fsp3) is 0. The fourth-order valence-electron chi connectivity index (χ4n) is 4.93. The van der Waals surface area contributed by atoms with E-state index in [9.17, 15) is 9.90 Å². The van der Waals surface area contributed by atoms with Crippen LogP contribution in [0.25, 0.3) is 44.5 Å². The van der Waals surface area contributed by atoms with E-state index >= 15 is 0 Å². The standard InChI is InChI=1S/C33H21ClN6O2S/c34-22-11-9-20(10-12-22)30-25-6-2-3-7-26(25)31(39-38-30)36-23-13-15-24(16-14-23)43-29-17-18-35-32(37-29)28-19-21-5-1-4-8-27(21)40(28)33(41)42/h1-19H,(H,36,39)(H,41,42). The van der Waals surface area contributed by atoms with Crippen molar-refractivity contribution in [3.63, 3.8) is 0 Å². The highest BCUT2D eigenvalue weighted by molar-refractivity contribution is 7.99. The van der Waals surface area contributed by atoms with Crippen LogP contribution in [0.15, 0.2) is 125 Å². The minimum atomic E-state index is -1.09. The van der Waals surface area contributed by atoms with Gasteiger partial charge in [-0.05, 0) is 54.6 Å². The number of para-hydroxylation sites is 1. The van der Waals surface area contributed by atoms with E-state index in [1.54, 1.807) is 24.4 Å². The quantitative estimate of drug-likeness (QED) is 0.182. The van der Waals surface area contributed by atoms with E-state index in [1.807, 2.05) is 91.0 Å². The molecule has 0 amide bonds. The van der Waals surface area contributed by atoms with Gasteiger partial charge in [0.25, 0.3) is 0 Å². The number of benzene rings is 4. The lowest BCUT2D eigenvalue weighted by atomic mass is 10.0. The summed E-state index contributed by atoms with van der Waals surface area (Å²) in [5.74, 6) is 0.998. The second kappa shape index (κ2) is 11.2. The molecule has 3 aromatic heterocycles. The smallest absolute Gasteiger partial charge is 0.416 e. The lowest BCUT2D eigenvalue weighted by Crippen LogP contribution is -2.10. The summed E-state index contributed by atoms with van der Waals surface area (Å²) in [6.45, 7) is 0. The number of hydrogen-bond donors (Lipinski definition) is 2. The topological polar surface area (TPSA) is 106 Å². The molecule has 0 saturated carbocycles. The van der Waals surface area contributed by atoms with Gasteiger partial charge in [0.1, 0.15) is 10.7 Å². The van der Waals surface area contributed by atoms with Crippen molar-refractivity contribution in [1.29, 1.82) is 0 Å². The van der Waals surface area contributed by atoms with E-state index in [0.717, 1.165) is 38.0 Å². The third-order valence-corrected chi connectivity index (χ3v) is 8.10. The lowest BCUT2D eigenvalue weighted by Gasteiger charge is -2.12. The van der Waals surface area contributed by atoms with Gasteiger partial charge < -0.3 is 10.4 Å². The molecule has 0 aliphatic heterocycles. The Bertz CT molecular complexity index is 2130. The van der Waals surface area contributed by atoms with Crippen LogP contribution in [0.2, 0.25) is 5.02 Å². The van der Waals surface area contributed by atoms with Crippen molar-refractivity contribution in [1.82, 2.24) is 24.7 Å². The molecule has 0 saturated heterocycles. The van der Waals surface area contributed by atoms with Crippen LogP contribution in [0.4, 0.5) is 16.3 Å². The van der Waals surface area contributed by atoms with Crippen molar-refractivity contribution in [2.75, 3.05) is 5.32 Å². The first kappa shape index (κ1) is 26.6. The maximum atomic E-state index is 12.1. The summed E-state index contributed by atoms with van der Waals surface area (Å²) in [7, 11) is 0. The van der Waals surface area contributed by atoms with E-state index in [0.29, 0.717) is 32.9 Å². The first-order valence-corrected chi connectivity index (χ1v) is 14.5. The number of carboxylic acid groups (broad SMARTS) is 1. The van der Waals surface area contributed by atoms with E-state index < -0.39 is 6.09 Å². The highest BCUT2D eigenvalue weighted by Crippen LogP contribution is 2.33. The molecule has 0 spiro atoms. The Morgan fingerprint density at radius 2 is 1.58 bits per heavy atom. The number of aromatic nitrogens is 5. The predicted molar refractivity (Wildman–Crippen MR) is 170 cm³/mol. The molecule has 2 N–H and O–H groups in total. The number of nitrogens with one attached hydrogen (secondary N) is 1. The first-order chi connectivity index (χ1) is 21.0. The summed E-state index contributed by atoms with van der Waals surface area (Å²) >= 11 is 7.54. The van der Waals surface area contributed by atoms with Gasteiger partial charge in [0.05, 0.1) is 11.2 Å². The van der Waals surface area contributed by atoms with Gasteiger partial charge in [0.2, 0.25) is 0 Å². The minimum absolute atomic E-state index is 0.342. The Balaban J connectivity index is 1.13. The second-order valence-electron chi connectivity index (χ2n) is 9.63. The molecule has 0 aliphatic rings. The van der Waals surface area contributed by atoms with Crippen LogP contribution >= 0.6 is 23.4 Å². The van der Waals surface area contributed by atoms with Gasteiger partial charge in [-0.1, -0.05) is 78.0 Å². The van der Waals surface area contributed by atoms with Crippen molar-refractivity contribution in [3.05, 3.63) is 120 Å². The first-order valence-electron chi connectivity index (χ1n) is 13.3. The van der Waals surface area contributed by atoms with Gasteiger partial charge >= 0.3 is 6.09 Å². The van der Waals surface area contributed by atoms with Gasteiger partial charge in [-0.3, -0.25) is 0 Å². The third-order valence-electron chi connectivity index (χ3n) is 6.91. The van der Waals surface area contributed by atoms with Crippen LogP contribution in [-0.4, -0.2) is 35.9 Å². The van der Waals surface area contributed by atoms with Crippen LogP contribution in [0, 0.1) is 0 Å². The molecule has 8 nitrogen and oxygen atoms in total. The third kappa shape index (κ3) is 5.27. The molecule has 4 aromatic carbocycles. The average Bonchev–Trinajstić information content (AvgIpc) is 3.43. The number of halogens is 1. The molecule has 10 heteroatoms. The molecular formula is C33H21ClN6O2S. The Morgan fingerprint density at radius 3 is 2.37 bits per heavy atom. The maximum absolute atomic E-state index is 12.1. The van der Waals surface area contributed by atoms with Crippen LogP contribution < -0.4 is 5.32 Å². The molecule has 0 bridgehead atoms. The number of carbonyl (C=O) groups is 1. The summed E-state index contributed by atoms with van der Waals surface area (Å²) in [6.07, 6.45) is 0.556. The molecule has 0 unspecified atom stereocenters. The maximum Gasteiger partial charge on any atom is 0.416 e. The lowest BCUT2D eigenvalue weighted by molar-refractivity contribution is 0.198. The summed E-state index contributed by atoms with van der Waals surface area (Å²) in [5, 5.41) is 26.4. The molecule has 0 radical (unpaired) electrons. The van der Waals surface area contributed by atoms with E-state index in [4.69, 9.17) is 11.6 Å². The molecule has 7 aromatic rings. The average molecular weight is 601 g/mol. The highest BCUT2D eigenvalue weighted by atomic mass is 35.5. The fourth-order valence-corrected chi connectivity index (χ4v) is 5.83. The van der Waals surface area contributed by atoms with E-state index in [2.05, 4.69) is 25.5 Å². The van der Waals surface area contributed by atoms with Crippen molar-refractivity contribution in [3.8, 4) is 22.8 Å². The van der Waals surface area contributed by atoms with Crippen molar-refractivity contribution in [2.45, 2.75) is 9.92 Å². The van der Waals surface area contributed by atoms with Gasteiger partial charge in [-0.2, -0.15) is 0 Å². The molecule has 43 heavy (non-hydrogen) atoms. The number of anilines is 2. The number of rotatable bonds is 6. The molecule has 0 atom stereocenters.